The molecule has 0 spiro atoms. The van der Waals surface area contributed by atoms with E-state index >= 15 is 0 Å². The number of anilines is 1. The van der Waals surface area contributed by atoms with Crippen molar-refractivity contribution in [2.45, 2.75) is 19.8 Å². The first-order valence-corrected chi connectivity index (χ1v) is 6.99. The molecule has 94 valence electrons. The van der Waals surface area contributed by atoms with E-state index in [1.54, 1.807) is 11.8 Å². The normalized spacial score (nSPS) is 10.2. The summed E-state index contributed by atoms with van der Waals surface area (Å²) in [6.07, 6.45) is 1.74. The quantitative estimate of drug-likeness (QED) is 0.733. The van der Waals surface area contributed by atoms with Crippen molar-refractivity contribution in [3.8, 4) is 0 Å². The summed E-state index contributed by atoms with van der Waals surface area (Å²) in [5.74, 6) is 1.27. The van der Waals surface area contributed by atoms with Gasteiger partial charge in [0.1, 0.15) is 0 Å². The van der Waals surface area contributed by atoms with Crippen LogP contribution in [-0.4, -0.2) is 29.1 Å². The minimum absolute atomic E-state index is 0.0113. The van der Waals surface area contributed by atoms with Gasteiger partial charge in [0.2, 0.25) is 5.91 Å². The van der Waals surface area contributed by atoms with Gasteiger partial charge in [-0.2, -0.15) is 11.8 Å². The summed E-state index contributed by atoms with van der Waals surface area (Å²) in [5, 5.41) is 11.5. The number of aryl methyl sites for hydroxylation is 1. The molecule has 1 aromatic rings. The van der Waals surface area contributed by atoms with Gasteiger partial charge in [-0.1, -0.05) is 19.1 Å². The van der Waals surface area contributed by atoms with Gasteiger partial charge in [-0.15, -0.1) is 0 Å². The highest BCUT2D eigenvalue weighted by atomic mass is 32.2. The van der Waals surface area contributed by atoms with Crippen LogP contribution in [0.3, 0.4) is 0 Å². The summed E-state index contributed by atoms with van der Waals surface area (Å²) >= 11 is 1.54. The van der Waals surface area contributed by atoms with Crippen molar-refractivity contribution in [3.63, 3.8) is 0 Å². The van der Waals surface area contributed by atoms with Crippen LogP contribution in [0.25, 0.3) is 0 Å². The minimum Gasteiger partial charge on any atom is -0.396 e. The molecular weight excluding hydrogens is 234 g/mol. The standard InChI is InChI=1S/C13H19NO2S/c1-2-11-4-6-12(7-5-11)14-13(16)10-17-9-3-8-15/h4-7,15H,2-3,8-10H2,1H3,(H,14,16). The molecule has 0 saturated heterocycles. The second-order valence-corrected chi connectivity index (χ2v) is 4.83. The van der Waals surface area contributed by atoms with Crippen molar-refractivity contribution in [3.05, 3.63) is 29.8 Å². The van der Waals surface area contributed by atoms with Crippen LogP contribution < -0.4 is 5.32 Å². The van der Waals surface area contributed by atoms with Crippen LogP contribution in [0.15, 0.2) is 24.3 Å². The molecule has 0 unspecified atom stereocenters. The van der Waals surface area contributed by atoms with Crippen LogP contribution in [0.1, 0.15) is 18.9 Å². The lowest BCUT2D eigenvalue weighted by atomic mass is 10.1. The zero-order valence-electron chi connectivity index (χ0n) is 10.1. The van der Waals surface area contributed by atoms with Crippen LogP contribution in [0, 0.1) is 0 Å². The SMILES string of the molecule is CCc1ccc(NC(=O)CSCCCO)cc1. The van der Waals surface area contributed by atoms with Crippen LogP contribution >= 0.6 is 11.8 Å². The molecule has 1 aromatic carbocycles. The summed E-state index contributed by atoms with van der Waals surface area (Å²) < 4.78 is 0. The molecule has 0 atom stereocenters. The number of rotatable bonds is 7. The lowest BCUT2D eigenvalue weighted by Gasteiger charge is -2.05. The summed E-state index contributed by atoms with van der Waals surface area (Å²) in [6.45, 7) is 2.29. The Labute approximate surface area is 107 Å². The predicted octanol–water partition coefficient (Wildman–Crippen LogP) is 2.30. The van der Waals surface area contributed by atoms with E-state index in [0.717, 1.165) is 24.3 Å². The molecule has 0 aliphatic carbocycles. The predicted molar refractivity (Wildman–Crippen MR) is 73.5 cm³/mol. The third kappa shape index (κ3) is 5.75. The van der Waals surface area contributed by atoms with Crippen LogP contribution in [0.4, 0.5) is 5.69 Å². The average Bonchev–Trinajstić information content (AvgIpc) is 2.36. The Bertz CT molecular complexity index is 338. The van der Waals surface area contributed by atoms with E-state index in [4.69, 9.17) is 5.11 Å². The number of thioether (sulfide) groups is 1. The molecule has 2 N–H and O–H groups in total. The van der Waals surface area contributed by atoms with Crippen LogP contribution in [0.2, 0.25) is 0 Å². The fourth-order valence-electron chi connectivity index (χ4n) is 1.35. The Hall–Kier alpha value is -1.00. The first kappa shape index (κ1) is 14.1. The molecule has 0 heterocycles. The van der Waals surface area contributed by atoms with E-state index in [-0.39, 0.29) is 12.5 Å². The second kappa shape index (κ2) is 8.14. The molecule has 3 nitrogen and oxygen atoms in total. The van der Waals surface area contributed by atoms with E-state index in [9.17, 15) is 4.79 Å². The number of carbonyl (C=O) groups excluding carboxylic acids is 1. The van der Waals surface area contributed by atoms with Gasteiger partial charge in [-0.3, -0.25) is 4.79 Å². The molecule has 0 bridgehead atoms. The van der Waals surface area contributed by atoms with Gasteiger partial charge >= 0.3 is 0 Å². The lowest BCUT2D eigenvalue weighted by molar-refractivity contribution is -0.113. The highest BCUT2D eigenvalue weighted by molar-refractivity contribution is 7.99. The number of aliphatic hydroxyl groups is 1. The third-order valence-electron chi connectivity index (χ3n) is 2.33. The number of hydrogen-bond acceptors (Lipinski definition) is 3. The third-order valence-corrected chi connectivity index (χ3v) is 3.37. The largest absolute Gasteiger partial charge is 0.396 e. The van der Waals surface area contributed by atoms with E-state index in [2.05, 4.69) is 12.2 Å². The number of carbonyl (C=O) groups is 1. The number of nitrogens with one attached hydrogen (secondary N) is 1. The molecule has 0 radical (unpaired) electrons. The van der Waals surface area contributed by atoms with Crippen molar-refractivity contribution in [2.24, 2.45) is 0 Å². The van der Waals surface area contributed by atoms with Crippen LogP contribution in [-0.2, 0) is 11.2 Å². The van der Waals surface area contributed by atoms with E-state index in [0.29, 0.717) is 5.75 Å². The maximum absolute atomic E-state index is 11.5. The molecule has 1 rings (SSSR count). The molecular formula is C13H19NO2S. The minimum atomic E-state index is 0.0113. The summed E-state index contributed by atoms with van der Waals surface area (Å²) in [5.41, 5.74) is 2.11. The van der Waals surface area contributed by atoms with E-state index in [1.165, 1.54) is 5.56 Å². The summed E-state index contributed by atoms with van der Waals surface area (Å²) in [7, 11) is 0. The zero-order chi connectivity index (χ0) is 12.5. The van der Waals surface area contributed by atoms with E-state index < -0.39 is 0 Å². The summed E-state index contributed by atoms with van der Waals surface area (Å²) in [6, 6.07) is 7.90. The van der Waals surface area contributed by atoms with Crippen molar-refractivity contribution >= 4 is 23.4 Å². The lowest BCUT2D eigenvalue weighted by Crippen LogP contribution is -2.14. The fraction of sp³-hybridized carbons (Fsp3) is 0.462. The molecule has 0 aromatic heterocycles. The second-order valence-electron chi connectivity index (χ2n) is 3.73. The zero-order valence-corrected chi connectivity index (χ0v) is 10.9. The van der Waals surface area contributed by atoms with Gasteiger partial charge in [0.25, 0.3) is 0 Å². The van der Waals surface area contributed by atoms with Gasteiger partial charge in [0.15, 0.2) is 0 Å². The Kier molecular flexibility index (Phi) is 6.74. The average molecular weight is 253 g/mol. The topological polar surface area (TPSA) is 49.3 Å². The van der Waals surface area contributed by atoms with Crippen molar-refractivity contribution < 1.29 is 9.90 Å². The molecule has 4 heteroatoms. The van der Waals surface area contributed by atoms with Gasteiger partial charge in [-0.05, 0) is 36.3 Å². The monoisotopic (exact) mass is 253 g/mol. The number of aliphatic hydroxyl groups excluding tert-OH is 1. The van der Waals surface area contributed by atoms with Crippen molar-refractivity contribution in [1.82, 2.24) is 0 Å². The highest BCUT2D eigenvalue weighted by Crippen LogP contribution is 2.11. The Balaban J connectivity index is 2.29. The van der Waals surface area contributed by atoms with Gasteiger partial charge in [0.05, 0.1) is 5.75 Å². The van der Waals surface area contributed by atoms with Gasteiger partial charge in [0, 0.05) is 12.3 Å². The molecule has 0 saturated carbocycles. The Morgan fingerprint density at radius 2 is 2.06 bits per heavy atom. The molecule has 17 heavy (non-hydrogen) atoms. The molecule has 0 aliphatic rings. The van der Waals surface area contributed by atoms with Crippen molar-refractivity contribution in [2.75, 3.05) is 23.4 Å². The first-order valence-electron chi connectivity index (χ1n) is 5.83. The van der Waals surface area contributed by atoms with Crippen molar-refractivity contribution in [1.29, 1.82) is 0 Å². The maximum Gasteiger partial charge on any atom is 0.234 e. The highest BCUT2D eigenvalue weighted by Gasteiger charge is 2.02. The smallest absolute Gasteiger partial charge is 0.234 e. The van der Waals surface area contributed by atoms with Gasteiger partial charge in [-0.25, -0.2) is 0 Å². The molecule has 0 fully saturated rings. The molecule has 0 aliphatic heterocycles. The maximum atomic E-state index is 11.5. The van der Waals surface area contributed by atoms with Crippen LogP contribution in [0.5, 0.6) is 0 Å². The van der Waals surface area contributed by atoms with E-state index in [1.807, 2.05) is 24.3 Å². The Morgan fingerprint density at radius 1 is 1.35 bits per heavy atom. The fourth-order valence-corrected chi connectivity index (χ4v) is 2.09. The number of hydrogen-bond donors (Lipinski definition) is 2. The van der Waals surface area contributed by atoms with Gasteiger partial charge < -0.3 is 10.4 Å². The Morgan fingerprint density at radius 3 is 2.65 bits per heavy atom. The summed E-state index contributed by atoms with van der Waals surface area (Å²) in [4.78, 5) is 11.5. The number of amides is 1. The number of benzene rings is 1. The molecule has 1 amide bonds. The first-order chi connectivity index (χ1) is 8.26.